The van der Waals surface area contributed by atoms with Crippen molar-refractivity contribution >= 4 is 15.9 Å². The zero-order chi connectivity index (χ0) is 17.2. The van der Waals surface area contributed by atoms with Gasteiger partial charge in [-0.25, -0.2) is 13.6 Å². The fourth-order valence-corrected chi connectivity index (χ4v) is 3.81. The molecule has 0 bridgehead atoms. The predicted molar refractivity (Wildman–Crippen MR) is 93.0 cm³/mol. The first-order chi connectivity index (χ1) is 11.5. The van der Waals surface area contributed by atoms with E-state index in [1.165, 1.54) is 6.07 Å². The molecular formula is C18H20N2O3S. The van der Waals surface area contributed by atoms with Crippen molar-refractivity contribution in [2.45, 2.75) is 24.2 Å². The summed E-state index contributed by atoms with van der Waals surface area (Å²) < 4.78 is 23.6. The van der Waals surface area contributed by atoms with Crippen LogP contribution >= 0.6 is 0 Å². The molecule has 2 aromatic rings. The third-order valence-electron chi connectivity index (χ3n) is 4.26. The van der Waals surface area contributed by atoms with E-state index in [2.05, 4.69) is 0 Å². The number of hydrogen-bond donors (Lipinski definition) is 1. The lowest BCUT2D eigenvalue weighted by molar-refractivity contribution is 0.0724. The van der Waals surface area contributed by atoms with Crippen molar-refractivity contribution in [3.05, 3.63) is 54.1 Å². The summed E-state index contributed by atoms with van der Waals surface area (Å²) in [6.45, 7) is 1.55. The molecule has 0 spiro atoms. The van der Waals surface area contributed by atoms with E-state index in [0.29, 0.717) is 16.7 Å². The van der Waals surface area contributed by atoms with Crippen LogP contribution in [0.3, 0.4) is 0 Å². The third-order valence-corrected chi connectivity index (χ3v) is 5.23. The summed E-state index contributed by atoms with van der Waals surface area (Å²) >= 11 is 0. The first-order valence-electron chi connectivity index (χ1n) is 7.98. The molecule has 2 N–H and O–H groups in total. The molecule has 0 aromatic heterocycles. The molecule has 0 saturated carbocycles. The van der Waals surface area contributed by atoms with E-state index >= 15 is 0 Å². The number of hydrogen-bond acceptors (Lipinski definition) is 3. The molecule has 1 aliphatic heterocycles. The number of carbonyl (C=O) groups is 1. The number of rotatable bonds is 3. The number of primary sulfonamides is 1. The van der Waals surface area contributed by atoms with Crippen molar-refractivity contribution in [3.63, 3.8) is 0 Å². The highest BCUT2D eigenvalue weighted by Gasteiger charge is 2.20. The molecule has 5 nitrogen and oxygen atoms in total. The summed E-state index contributed by atoms with van der Waals surface area (Å²) in [7, 11) is -3.83. The van der Waals surface area contributed by atoms with Gasteiger partial charge >= 0.3 is 0 Å². The quantitative estimate of drug-likeness (QED) is 0.929. The number of benzene rings is 2. The molecule has 1 aliphatic rings. The molecule has 6 heteroatoms. The Morgan fingerprint density at radius 3 is 2.38 bits per heavy atom. The van der Waals surface area contributed by atoms with Crippen molar-refractivity contribution in [2.75, 3.05) is 13.1 Å². The van der Waals surface area contributed by atoms with E-state index in [-0.39, 0.29) is 10.8 Å². The Morgan fingerprint density at radius 2 is 1.67 bits per heavy atom. The fraction of sp³-hybridized carbons (Fsp3) is 0.278. The van der Waals surface area contributed by atoms with Gasteiger partial charge in [0.1, 0.15) is 0 Å². The van der Waals surface area contributed by atoms with Crippen LogP contribution in [0.25, 0.3) is 11.1 Å². The Bertz CT molecular complexity index is 856. The molecule has 126 valence electrons. The Hall–Kier alpha value is -2.18. The third kappa shape index (κ3) is 3.49. The van der Waals surface area contributed by atoms with E-state index in [4.69, 9.17) is 5.14 Å². The first-order valence-corrected chi connectivity index (χ1v) is 9.53. The van der Waals surface area contributed by atoms with E-state index in [0.717, 1.165) is 32.4 Å². The maximum absolute atomic E-state index is 12.6. The molecule has 0 radical (unpaired) electrons. The van der Waals surface area contributed by atoms with Gasteiger partial charge in [-0.1, -0.05) is 30.3 Å². The van der Waals surface area contributed by atoms with Crippen LogP contribution < -0.4 is 5.14 Å². The SMILES string of the molecule is NS(=O)(=O)c1ccccc1-c1cccc(C(=O)N2CCCCC2)c1. The second-order valence-corrected chi connectivity index (χ2v) is 7.50. The molecule has 1 amide bonds. The molecule has 1 fully saturated rings. The van der Waals surface area contributed by atoms with Gasteiger partial charge in [0.05, 0.1) is 4.90 Å². The van der Waals surface area contributed by atoms with Crippen LogP contribution in [0.1, 0.15) is 29.6 Å². The largest absolute Gasteiger partial charge is 0.339 e. The van der Waals surface area contributed by atoms with E-state index in [1.807, 2.05) is 4.90 Å². The number of amides is 1. The first kappa shape index (κ1) is 16.7. The van der Waals surface area contributed by atoms with Gasteiger partial charge in [-0.05, 0) is 43.0 Å². The molecule has 2 aromatic carbocycles. The fourth-order valence-electron chi connectivity index (χ4n) is 3.05. The van der Waals surface area contributed by atoms with Gasteiger partial charge in [-0.3, -0.25) is 4.79 Å². The predicted octanol–water partition coefficient (Wildman–Crippen LogP) is 2.63. The average Bonchev–Trinajstić information content (AvgIpc) is 2.61. The Kier molecular flexibility index (Phi) is 4.69. The highest BCUT2D eigenvalue weighted by molar-refractivity contribution is 7.89. The van der Waals surface area contributed by atoms with Crippen LogP contribution in [0.4, 0.5) is 0 Å². The number of nitrogens with two attached hydrogens (primary N) is 1. The molecule has 3 rings (SSSR count). The van der Waals surface area contributed by atoms with Crippen LogP contribution in [-0.4, -0.2) is 32.3 Å². The van der Waals surface area contributed by atoms with Crippen molar-refractivity contribution in [1.82, 2.24) is 4.90 Å². The highest BCUT2D eigenvalue weighted by Crippen LogP contribution is 2.27. The Morgan fingerprint density at radius 1 is 0.958 bits per heavy atom. The van der Waals surface area contributed by atoms with E-state index in [1.54, 1.807) is 42.5 Å². The molecule has 0 unspecified atom stereocenters. The van der Waals surface area contributed by atoms with Crippen molar-refractivity contribution in [3.8, 4) is 11.1 Å². The van der Waals surface area contributed by atoms with Crippen LogP contribution in [-0.2, 0) is 10.0 Å². The highest BCUT2D eigenvalue weighted by atomic mass is 32.2. The van der Waals surface area contributed by atoms with Crippen molar-refractivity contribution < 1.29 is 13.2 Å². The normalized spacial score (nSPS) is 15.3. The van der Waals surface area contributed by atoms with E-state index in [9.17, 15) is 13.2 Å². The number of sulfonamides is 1. The summed E-state index contributed by atoms with van der Waals surface area (Å²) in [5.41, 5.74) is 1.74. The topological polar surface area (TPSA) is 80.5 Å². The van der Waals surface area contributed by atoms with Gasteiger partial charge in [0.15, 0.2) is 0 Å². The number of piperidine rings is 1. The second kappa shape index (κ2) is 6.75. The summed E-state index contributed by atoms with van der Waals surface area (Å²) in [6.07, 6.45) is 3.21. The lowest BCUT2D eigenvalue weighted by Gasteiger charge is -2.26. The van der Waals surface area contributed by atoms with Gasteiger partial charge in [-0.2, -0.15) is 0 Å². The van der Waals surface area contributed by atoms with Crippen LogP contribution in [0.5, 0.6) is 0 Å². The van der Waals surface area contributed by atoms with Crippen molar-refractivity contribution in [1.29, 1.82) is 0 Å². The van der Waals surface area contributed by atoms with Gasteiger partial charge in [0, 0.05) is 24.2 Å². The minimum atomic E-state index is -3.83. The van der Waals surface area contributed by atoms with Crippen LogP contribution in [0.15, 0.2) is 53.4 Å². The van der Waals surface area contributed by atoms with Gasteiger partial charge in [0.2, 0.25) is 10.0 Å². The summed E-state index contributed by atoms with van der Waals surface area (Å²) in [5.74, 6) is -0.00960. The zero-order valence-electron chi connectivity index (χ0n) is 13.3. The van der Waals surface area contributed by atoms with Gasteiger partial charge < -0.3 is 4.90 Å². The Balaban J connectivity index is 1.99. The average molecular weight is 344 g/mol. The maximum Gasteiger partial charge on any atom is 0.253 e. The summed E-state index contributed by atoms with van der Waals surface area (Å²) in [5, 5.41) is 5.31. The lowest BCUT2D eigenvalue weighted by Crippen LogP contribution is -2.35. The molecule has 0 atom stereocenters. The van der Waals surface area contributed by atoms with Crippen LogP contribution in [0.2, 0.25) is 0 Å². The summed E-state index contributed by atoms with van der Waals surface area (Å²) in [4.78, 5) is 14.6. The number of likely N-dealkylation sites (tertiary alicyclic amines) is 1. The smallest absolute Gasteiger partial charge is 0.253 e. The minimum Gasteiger partial charge on any atom is -0.339 e. The molecule has 1 heterocycles. The molecular weight excluding hydrogens is 324 g/mol. The molecule has 0 aliphatic carbocycles. The number of nitrogens with zero attached hydrogens (tertiary/aromatic N) is 1. The van der Waals surface area contributed by atoms with Gasteiger partial charge in [-0.15, -0.1) is 0 Å². The summed E-state index contributed by atoms with van der Waals surface area (Å²) in [6, 6.07) is 13.6. The van der Waals surface area contributed by atoms with Crippen molar-refractivity contribution in [2.24, 2.45) is 5.14 Å². The number of carbonyl (C=O) groups excluding carboxylic acids is 1. The van der Waals surface area contributed by atoms with E-state index < -0.39 is 10.0 Å². The Labute approximate surface area is 142 Å². The lowest BCUT2D eigenvalue weighted by atomic mass is 10.0. The van der Waals surface area contributed by atoms with Crippen LogP contribution in [0, 0.1) is 0 Å². The maximum atomic E-state index is 12.6. The monoisotopic (exact) mass is 344 g/mol. The minimum absolute atomic E-state index is 0.00960. The zero-order valence-corrected chi connectivity index (χ0v) is 14.1. The second-order valence-electron chi connectivity index (χ2n) is 5.97. The standard InChI is InChI=1S/C18H20N2O3S/c19-24(22,23)17-10-3-2-9-16(17)14-7-6-8-15(13-14)18(21)20-11-4-1-5-12-20/h2-3,6-10,13H,1,4-5,11-12H2,(H2,19,22,23). The molecule has 1 saturated heterocycles. The molecule has 24 heavy (non-hydrogen) atoms. The van der Waals surface area contributed by atoms with Gasteiger partial charge in [0.25, 0.3) is 5.91 Å².